The summed E-state index contributed by atoms with van der Waals surface area (Å²) < 4.78 is 0. The van der Waals surface area contributed by atoms with Crippen molar-refractivity contribution in [3.05, 3.63) is 0 Å². The normalized spacial score (nSPS) is 26.2. The van der Waals surface area contributed by atoms with Gasteiger partial charge in [0, 0.05) is 19.5 Å². The summed E-state index contributed by atoms with van der Waals surface area (Å²) in [6, 6.07) is 0. The van der Waals surface area contributed by atoms with Crippen LogP contribution >= 0.6 is 0 Å². The van der Waals surface area contributed by atoms with Gasteiger partial charge in [0.2, 0.25) is 11.8 Å². The highest BCUT2D eigenvalue weighted by Crippen LogP contribution is 2.15. The Balaban J connectivity index is 1.82. The van der Waals surface area contributed by atoms with E-state index in [1.807, 2.05) is 0 Å². The fourth-order valence-corrected chi connectivity index (χ4v) is 2.49. The third-order valence-electron chi connectivity index (χ3n) is 3.48. The van der Waals surface area contributed by atoms with Crippen LogP contribution in [0, 0.1) is 5.92 Å². The molecule has 2 fully saturated rings. The molecular weight excluding hydrogens is 218 g/mol. The van der Waals surface area contributed by atoms with Crippen LogP contribution in [0.4, 0.5) is 0 Å². The van der Waals surface area contributed by atoms with E-state index >= 15 is 0 Å². The van der Waals surface area contributed by atoms with Crippen molar-refractivity contribution >= 4 is 11.8 Å². The van der Waals surface area contributed by atoms with Crippen LogP contribution in [0.1, 0.15) is 25.7 Å². The number of hydrogen-bond acceptors (Lipinski definition) is 3. The minimum Gasteiger partial charge on any atom is -0.354 e. The van der Waals surface area contributed by atoms with Crippen molar-refractivity contribution in [1.29, 1.82) is 0 Å². The first-order valence-electron chi connectivity index (χ1n) is 6.51. The van der Waals surface area contributed by atoms with Crippen molar-refractivity contribution in [2.45, 2.75) is 25.7 Å². The molecule has 5 nitrogen and oxygen atoms in total. The Hall–Kier alpha value is -1.10. The van der Waals surface area contributed by atoms with Gasteiger partial charge in [0.15, 0.2) is 0 Å². The van der Waals surface area contributed by atoms with Crippen LogP contribution in [0.5, 0.6) is 0 Å². The zero-order valence-electron chi connectivity index (χ0n) is 10.2. The topological polar surface area (TPSA) is 61.4 Å². The molecule has 2 rings (SSSR count). The van der Waals surface area contributed by atoms with Crippen LogP contribution in [0.2, 0.25) is 0 Å². The molecule has 1 unspecified atom stereocenters. The monoisotopic (exact) mass is 239 g/mol. The molecule has 0 spiro atoms. The molecule has 1 atom stereocenters. The minimum atomic E-state index is -0.0300. The molecule has 5 heteroatoms. The average Bonchev–Trinajstić information content (AvgIpc) is 2.55. The zero-order valence-corrected chi connectivity index (χ0v) is 10.2. The Morgan fingerprint density at radius 2 is 2.24 bits per heavy atom. The van der Waals surface area contributed by atoms with Crippen molar-refractivity contribution in [2.24, 2.45) is 5.92 Å². The first kappa shape index (κ1) is 12.4. The van der Waals surface area contributed by atoms with Gasteiger partial charge in [-0.25, -0.2) is 0 Å². The van der Waals surface area contributed by atoms with E-state index < -0.39 is 0 Å². The molecule has 2 aliphatic heterocycles. The molecule has 2 N–H and O–H groups in total. The lowest BCUT2D eigenvalue weighted by atomic mass is 9.95. The van der Waals surface area contributed by atoms with E-state index in [4.69, 9.17) is 0 Å². The molecule has 0 aromatic heterocycles. The van der Waals surface area contributed by atoms with Gasteiger partial charge >= 0.3 is 0 Å². The Labute approximate surface area is 102 Å². The van der Waals surface area contributed by atoms with Gasteiger partial charge in [0.1, 0.15) is 0 Å². The third kappa shape index (κ3) is 3.70. The second-order valence-electron chi connectivity index (χ2n) is 4.94. The van der Waals surface area contributed by atoms with Gasteiger partial charge in [0.25, 0.3) is 0 Å². The fraction of sp³-hybridized carbons (Fsp3) is 0.833. The largest absolute Gasteiger partial charge is 0.354 e. The molecule has 0 saturated carbocycles. The number of carbonyl (C=O) groups is 2. The first-order chi connectivity index (χ1) is 8.25. The Morgan fingerprint density at radius 3 is 3.00 bits per heavy atom. The summed E-state index contributed by atoms with van der Waals surface area (Å²) in [5, 5.41) is 6.10. The van der Waals surface area contributed by atoms with E-state index in [2.05, 4.69) is 10.6 Å². The van der Waals surface area contributed by atoms with Gasteiger partial charge in [-0.3, -0.25) is 9.59 Å². The van der Waals surface area contributed by atoms with Crippen molar-refractivity contribution in [2.75, 3.05) is 32.7 Å². The lowest BCUT2D eigenvalue weighted by molar-refractivity contribution is -0.136. The molecule has 0 aromatic rings. The Morgan fingerprint density at radius 1 is 1.35 bits per heavy atom. The van der Waals surface area contributed by atoms with Crippen molar-refractivity contribution in [3.63, 3.8) is 0 Å². The summed E-state index contributed by atoms with van der Waals surface area (Å²) in [7, 11) is 0. The number of carbonyl (C=O) groups excluding carboxylic acids is 2. The lowest BCUT2D eigenvalue weighted by Gasteiger charge is -2.25. The summed E-state index contributed by atoms with van der Waals surface area (Å²) in [6.07, 6.45) is 3.72. The van der Waals surface area contributed by atoms with E-state index in [-0.39, 0.29) is 18.4 Å². The van der Waals surface area contributed by atoms with Crippen molar-refractivity contribution in [1.82, 2.24) is 15.5 Å². The van der Waals surface area contributed by atoms with Crippen LogP contribution in [-0.2, 0) is 9.59 Å². The maximum absolute atomic E-state index is 12.1. The number of amides is 2. The fourth-order valence-electron chi connectivity index (χ4n) is 2.49. The first-order valence-corrected chi connectivity index (χ1v) is 6.51. The number of nitrogens with one attached hydrogen (secondary N) is 2. The maximum atomic E-state index is 12.1. The molecule has 0 bridgehead atoms. The maximum Gasteiger partial charge on any atom is 0.239 e. The standard InChI is InChI=1S/C12H21N3O2/c16-11-9-15(6-2-5-14-11)12(17)7-10-3-1-4-13-8-10/h10,13H,1-9H2,(H,14,16). The van der Waals surface area contributed by atoms with Gasteiger partial charge in [-0.2, -0.15) is 0 Å². The van der Waals surface area contributed by atoms with Crippen molar-refractivity contribution < 1.29 is 9.59 Å². The summed E-state index contributed by atoms with van der Waals surface area (Å²) >= 11 is 0. The minimum absolute atomic E-state index is 0.0300. The molecule has 2 saturated heterocycles. The summed E-state index contributed by atoms with van der Waals surface area (Å²) in [5.74, 6) is 0.552. The third-order valence-corrected chi connectivity index (χ3v) is 3.48. The second-order valence-corrected chi connectivity index (χ2v) is 4.94. The van der Waals surface area contributed by atoms with Gasteiger partial charge in [-0.1, -0.05) is 0 Å². The molecule has 0 aliphatic carbocycles. The molecule has 17 heavy (non-hydrogen) atoms. The smallest absolute Gasteiger partial charge is 0.239 e. The summed E-state index contributed by atoms with van der Waals surface area (Å²) in [5.41, 5.74) is 0. The lowest BCUT2D eigenvalue weighted by Crippen LogP contribution is -2.40. The molecule has 0 aromatic carbocycles. The summed E-state index contributed by atoms with van der Waals surface area (Å²) in [6.45, 7) is 3.63. The quantitative estimate of drug-likeness (QED) is 0.697. The van der Waals surface area contributed by atoms with Crippen LogP contribution in [0.25, 0.3) is 0 Å². The predicted molar refractivity (Wildman–Crippen MR) is 64.4 cm³/mol. The van der Waals surface area contributed by atoms with Crippen molar-refractivity contribution in [3.8, 4) is 0 Å². The molecule has 2 heterocycles. The molecule has 2 aliphatic rings. The van der Waals surface area contributed by atoms with E-state index in [0.717, 1.165) is 32.4 Å². The molecular formula is C12H21N3O2. The Kier molecular flexibility index (Phi) is 4.36. The number of nitrogens with zero attached hydrogens (tertiary/aromatic N) is 1. The highest BCUT2D eigenvalue weighted by Gasteiger charge is 2.23. The van der Waals surface area contributed by atoms with Crippen LogP contribution in [-0.4, -0.2) is 49.4 Å². The highest BCUT2D eigenvalue weighted by atomic mass is 16.2. The van der Waals surface area contributed by atoms with E-state index in [0.29, 0.717) is 25.4 Å². The van der Waals surface area contributed by atoms with Gasteiger partial charge in [0.05, 0.1) is 6.54 Å². The zero-order chi connectivity index (χ0) is 12.1. The van der Waals surface area contributed by atoms with E-state index in [1.54, 1.807) is 4.90 Å². The Bertz CT molecular complexity index is 287. The second kappa shape index (κ2) is 6.00. The number of piperidine rings is 1. The highest BCUT2D eigenvalue weighted by molar-refractivity contribution is 5.85. The van der Waals surface area contributed by atoms with Gasteiger partial charge < -0.3 is 15.5 Å². The summed E-state index contributed by atoms with van der Waals surface area (Å²) in [4.78, 5) is 25.2. The molecule has 96 valence electrons. The molecule has 2 amide bonds. The van der Waals surface area contributed by atoms with Crippen LogP contribution < -0.4 is 10.6 Å². The number of hydrogen-bond donors (Lipinski definition) is 2. The number of rotatable bonds is 2. The van der Waals surface area contributed by atoms with Crippen LogP contribution in [0.3, 0.4) is 0 Å². The van der Waals surface area contributed by atoms with E-state index in [1.165, 1.54) is 0 Å². The average molecular weight is 239 g/mol. The van der Waals surface area contributed by atoms with E-state index in [9.17, 15) is 9.59 Å². The predicted octanol–water partition coefficient (Wildman–Crippen LogP) is -0.275. The van der Waals surface area contributed by atoms with Crippen LogP contribution in [0.15, 0.2) is 0 Å². The van der Waals surface area contributed by atoms with Gasteiger partial charge in [-0.05, 0) is 38.3 Å². The molecule has 0 radical (unpaired) electrons. The SMILES string of the molecule is O=C1CN(C(=O)CC2CCCNC2)CCCN1. The van der Waals surface area contributed by atoms with Gasteiger partial charge in [-0.15, -0.1) is 0 Å².